The predicted molar refractivity (Wildman–Crippen MR) is 95.3 cm³/mol. The number of likely N-dealkylation sites (N-methyl/N-ethyl adjacent to an activating group) is 2. The summed E-state index contributed by atoms with van der Waals surface area (Å²) in [6.07, 6.45) is 2.52. The molecular formula is C19H27F2N3O2. The number of amides is 2. The van der Waals surface area contributed by atoms with Crippen molar-refractivity contribution in [3.8, 4) is 0 Å². The molecule has 1 aliphatic heterocycles. The molecule has 26 heavy (non-hydrogen) atoms. The maximum Gasteiger partial charge on any atom is 0.223 e. The van der Waals surface area contributed by atoms with Crippen LogP contribution in [0.4, 0.5) is 8.78 Å². The molecule has 0 radical (unpaired) electrons. The Bertz CT molecular complexity index is 631. The lowest BCUT2D eigenvalue weighted by molar-refractivity contribution is -0.135. The summed E-state index contributed by atoms with van der Waals surface area (Å²) in [4.78, 5) is 28.7. The Labute approximate surface area is 153 Å². The van der Waals surface area contributed by atoms with Gasteiger partial charge in [-0.1, -0.05) is 6.42 Å². The van der Waals surface area contributed by atoms with E-state index in [1.54, 1.807) is 11.9 Å². The van der Waals surface area contributed by atoms with Crippen LogP contribution < -0.4 is 5.32 Å². The molecule has 7 heteroatoms. The maximum atomic E-state index is 13.2. The number of hydrogen-bond acceptors (Lipinski definition) is 3. The summed E-state index contributed by atoms with van der Waals surface area (Å²) in [6.45, 7) is 0.678. The van der Waals surface area contributed by atoms with E-state index in [4.69, 9.17) is 0 Å². The number of nitrogens with zero attached hydrogens (tertiary/aromatic N) is 2. The largest absolute Gasteiger partial charge is 0.352 e. The number of halogens is 2. The topological polar surface area (TPSA) is 52.6 Å². The molecule has 0 spiro atoms. The van der Waals surface area contributed by atoms with Crippen LogP contribution >= 0.6 is 0 Å². The first-order valence-corrected chi connectivity index (χ1v) is 8.89. The summed E-state index contributed by atoms with van der Waals surface area (Å²) in [5.74, 6) is -2.09. The lowest BCUT2D eigenvalue weighted by Crippen LogP contribution is -2.41. The first-order chi connectivity index (χ1) is 12.3. The molecule has 1 aromatic carbocycles. The Kier molecular flexibility index (Phi) is 7.08. The molecule has 2 rings (SSSR count). The first-order valence-electron chi connectivity index (χ1n) is 8.89. The molecule has 1 saturated heterocycles. The van der Waals surface area contributed by atoms with Crippen molar-refractivity contribution in [2.24, 2.45) is 5.92 Å². The first kappa shape index (κ1) is 20.3. The smallest absolute Gasteiger partial charge is 0.223 e. The molecule has 1 N–H and O–H groups in total. The molecule has 1 aliphatic rings. The molecule has 144 valence electrons. The SMILES string of the molecule is CN1C[C@H](N(C)C)CCC[C@@H](C(=O)NCc2cc(F)cc(F)c2)CC1=O. The van der Waals surface area contributed by atoms with E-state index in [2.05, 4.69) is 10.2 Å². The maximum absolute atomic E-state index is 13.2. The van der Waals surface area contributed by atoms with Crippen LogP contribution in [0.5, 0.6) is 0 Å². The minimum Gasteiger partial charge on any atom is -0.352 e. The van der Waals surface area contributed by atoms with E-state index in [0.29, 0.717) is 18.5 Å². The Morgan fingerprint density at radius 3 is 2.50 bits per heavy atom. The molecule has 1 aromatic rings. The summed E-state index contributed by atoms with van der Waals surface area (Å²) >= 11 is 0. The zero-order valence-corrected chi connectivity index (χ0v) is 15.6. The lowest BCUT2D eigenvalue weighted by atomic mass is 9.96. The highest BCUT2D eigenvalue weighted by molar-refractivity contribution is 5.85. The number of benzene rings is 1. The minimum absolute atomic E-state index is 0.0361. The molecule has 5 nitrogen and oxygen atoms in total. The van der Waals surface area contributed by atoms with E-state index in [0.717, 1.165) is 18.9 Å². The fourth-order valence-electron chi connectivity index (χ4n) is 3.27. The van der Waals surface area contributed by atoms with Gasteiger partial charge in [0.1, 0.15) is 11.6 Å². The molecule has 1 fully saturated rings. The molecule has 1 heterocycles. The van der Waals surface area contributed by atoms with Gasteiger partial charge < -0.3 is 15.1 Å². The van der Waals surface area contributed by atoms with Crippen LogP contribution in [-0.4, -0.2) is 55.3 Å². The summed E-state index contributed by atoms with van der Waals surface area (Å²) in [6, 6.07) is 3.43. The van der Waals surface area contributed by atoms with Gasteiger partial charge in [-0.3, -0.25) is 9.59 Å². The van der Waals surface area contributed by atoms with E-state index in [1.165, 1.54) is 12.1 Å². The number of carbonyl (C=O) groups is 2. The van der Waals surface area contributed by atoms with Crippen LogP contribution in [0.3, 0.4) is 0 Å². The van der Waals surface area contributed by atoms with Gasteiger partial charge in [0.25, 0.3) is 0 Å². The molecule has 2 amide bonds. The summed E-state index contributed by atoms with van der Waals surface area (Å²) in [5, 5.41) is 2.71. The third kappa shape index (κ3) is 5.76. The third-order valence-electron chi connectivity index (χ3n) is 4.91. The average molecular weight is 367 g/mol. The van der Waals surface area contributed by atoms with Crippen molar-refractivity contribution in [1.29, 1.82) is 0 Å². The highest BCUT2D eigenvalue weighted by atomic mass is 19.1. The van der Waals surface area contributed by atoms with Crippen LogP contribution in [0, 0.1) is 17.6 Å². The summed E-state index contributed by atoms with van der Waals surface area (Å²) in [7, 11) is 5.74. The van der Waals surface area contributed by atoms with Gasteiger partial charge in [-0.05, 0) is 44.6 Å². The van der Waals surface area contributed by atoms with Gasteiger partial charge in [0.05, 0.1) is 0 Å². The van der Waals surface area contributed by atoms with Gasteiger partial charge in [0, 0.05) is 44.6 Å². The van der Waals surface area contributed by atoms with E-state index < -0.39 is 17.6 Å². The van der Waals surface area contributed by atoms with Gasteiger partial charge in [-0.15, -0.1) is 0 Å². The predicted octanol–water partition coefficient (Wildman–Crippen LogP) is 2.16. The zero-order chi connectivity index (χ0) is 19.3. The average Bonchev–Trinajstić information content (AvgIpc) is 2.62. The van der Waals surface area contributed by atoms with Crippen molar-refractivity contribution in [3.05, 3.63) is 35.4 Å². The second-order valence-electron chi connectivity index (χ2n) is 7.22. The number of carbonyl (C=O) groups excluding carboxylic acids is 2. The van der Waals surface area contributed by atoms with Crippen LogP contribution in [0.2, 0.25) is 0 Å². The van der Waals surface area contributed by atoms with Crippen molar-refractivity contribution < 1.29 is 18.4 Å². The monoisotopic (exact) mass is 367 g/mol. The van der Waals surface area contributed by atoms with Crippen molar-refractivity contribution in [1.82, 2.24) is 15.1 Å². The van der Waals surface area contributed by atoms with E-state index >= 15 is 0 Å². The second kappa shape index (κ2) is 9.07. The molecule has 0 unspecified atom stereocenters. The van der Waals surface area contributed by atoms with Crippen molar-refractivity contribution in [2.75, 3.05) is 27.7 Å². The highest BCUT2D eigenvalue weighted by Gasteiger charge is 2.27. The minimum atomic E-state index is -0.678. The summed E-state index contributed by atoms with van der Waals surface area (Å²) < 4.78 is 26.5. The summed E-state index contributed by atoms with van der Waals surface area (Å²) in [5.41, 5.74) is 0.357. The number of rotatable bonds is 4. The van der Waals surface area contributed by atoms with Crippen molar-refractivity contribution in [2.45, 2.75) is 38.3 Å². The van der Waals surface area contributed by atoms with Gasteiger partial charge >= 0.3 is 0 Å². The van der Waals surface area contributed by atoms with Crippen LogP contribution in [0.1, 0.15) is 31.2 Å². The van der Waals surface area contributed by atoms with E-state index in [1.807, 2.05) is 14.1 Å². The fraction of sp³-hybridized carbons (Fsp3) is 0.579. The molecule has 2 atom stereocenters. The van der Waals surface area contributed by atoms with Crippen LogP contribution in [0.15, 0.2) is 18.2 Å². The molecule has 0 aliphatic carbocycles. The van der Waals surface area contributed by atoms with Gasteiger partial charge in [0.15, 0.2) is 0 Å². The van der Waals surface area contributed by atoms with E-state index in [-0.39, 0.29) is 30.8 Å². The normalized spacial score (nSPS) is 21.9. The second-order valence-corrected chi connectivity index (χ2v) is 7.22. The number of hydrogen-bond donors (Lipinski definition) is 1. The quantitative estimate of drug-likeness (QED) is 0.887. The molecule has 0 bridgehead atoms. The molecule has 0 aromatic heterocycles. The van der Waals surface area contributed by atoms with Gasteiger partial charge in [0.2, 0.25) is 11.8 Å². The van der Waals surface area contributed by atoms with Crippen LogP contribution in [-0.2, 0) is 16.1 Å². The van der Waals surface area contributed by atoms with Gasteiger partial charge in [-0.2, -0.15) is 0 Å². The Morgan fingerprint density at radius 1 is 1.23 bits per heavy atom. The zero-order valence-electron chi connectivity index (χ0n) is 15.6. The molecule has 0 saturated carbocycles. The number of nitrogens with one attached hydrogen (secondary N) is 1. The highest BCUT2D eigenvalue weighted by Crippen LogP contribution is 2.20. The third-order valence-corrected chi connectivity index (χ3v) is 4.91. The van der Waals surface area contributed by atoms with Crippen molar-refractivity contribution in [3.63, 3.8) is 0 Å². The Hall–Kier alpha value is -2.02. The van der Waals surface area contributed by atoms with E-state index in [9.17, 15) is 18.4 Å². The Morgan fingerprint density at radius 2 is 1.88 bits per heavy atom. The van der Waals surface area contributed by atoms with Crippen molar-refractivity contribution >= 4 is 11.8 Å². The Balaban J connectivity index is 1.99. The lowest BCUT2D eigenvalue weighted by Gasteiger charge is -2.28. The standard InChI is InChI=1S/C19H27F2N3O2/c1-23(2)17-6-4-5-14(9-18(25)24(3)12-17)19(26)22-11-13-7-15(20)10-16(21)8-13/h7-8,10,14,17H,4-6,9,11-12H2,1-3H3,(H,22,26)/t14-,17-/m1/s1. The van der Waals surface area contributed by atoms with Crippen LogP contribution in [0.25, 0.3) is 0 Å². The molecular weight excluding hydrogens is 340 g/mol. The van der Waals surface area contributed by atoms with Gasteiger partial charge in [-0.25, -0.2) is 8.78 Å². The fourth-order valence-corrected chi connectivity index (χ4v) is 3.27.